The van der Waals surface area contributed by atoms with E-state index in [2.05, 4.69) is 10.4 Å². The standard InChI is InChI=1S/C24H18N4O2/c25-16-18-8-7-13-21(14-18)30-17-24(29)26-23-15-22(19-9-3-1-4-10-19)27-28(23)20-11-5-2-6-12-20/h1-15H,17H2,(H,26,29). The number of hydrogen-bond donors (Lipinski definition) is 1. The summed E-state index contributed by atoms with van der Waals surface area (Å²) in [5.74, 6) is 0.680. The summed E-state index contributed by atoms with van der Waals surface area (Å²) in [4.78, 5) is 12.5. The van der Waals surface area contributed by atoms with Gasteiger partial charge in [-0.1, -0.05) is 54.6 Å². The summed E-state index contributed by atoms with van der Waals surface area (Å²) in [6, 6.07) is 29.9. The molecule has 0 unspecified atom stereocenters. The lowest BCUT2D eigenvalue weighted by Gasteiger charge is -2.10. The molecule has 0 bridgehead atoms. The molecule has 0 saturated carbocycles. The van der Waals surface area contributed by atoms with Gasteiger partial charge in [-0.3, -0.25) is 4.79 Å². The van der Waals surface area contributed by atoms with Gasteiger partial charge in [0.05, 0.1) is 23.0 Å². The number of carbonyl (C=O) groups is 1. The molecule has 1 aromatic heterocycles. The average Bonchev–Trinajstić information content (AvgIpc) is 3.23. The van der Waals surface area contributed by atoms with Gasteiger partial charge < -0.3 is 10.1 Å². The molecule has 0 aliphatic heterocycles. The second-order valence-corrected chi connectivity index (χ2v) is 6.50. The third-order valence-corrected chi connectivity index (χ3v) is 4.38. The van der Waals surface area contributed by atoms with E-state index in [1.54, 1.807) is 28.9 Å². The maximum atomic E-state index is 12.5. The predicted molar refractivity (Wildman–Crippen MR) is 114 cm³/mol. The quantitative estimate of drug-likeness (QED) is 0.525. The van der Waals surface area contributed by atoms with E-state index in [1.807, 2.05) is 72.8 Å². The molecule has 146 valence electrons. The fourth-order valence-electron chi connectivity index (χ4n) is 2.97. The zero-order valence-electron chi connectivity index (χ0n) is 16.0. The van der Waals surface area contributed by atoms with Gasteiger partial charge >= 0.3 is 0 Å². The number of rotatable bonds is 6. The first-order chi connectivity index (χ1) is 14.7. The first-order valence-electron chi connectivity index (χ1n) is 9.36. The van der Waals surface area contributed by atoms with Crippen LogP contribution in [-0.2, 0) is 4.79 Å². The zero-order valence-corrected chi connectivity index (χ0v) is 16.0. The number of benzene rings is 3. The Bertz CT molecular complexity index is 1190. The van der Waals surface area contributed by atoms with Crippen molar-refractivity contribution in [3.05, 3.63) is 96.6 Å². The van der Waals surface area contributed by atoms with E-state index in [-0.39, 0.29) is 12.5 Å². The number of nitrogens with zero attached hydrogens (tertiary/aromatic N) is 3. The Morgan fingerprint density at radius 2 is 1.70 bits per heavy atom. The zero-order chi connectivity index (χ0) is 20.8. The average molecular weight is 394 g/mol. The first kappa shape index (κ1) is 19.0. The van der Waals surface area contributed by atoms with Gasteiger partial charge in [0.2, 0.25) is 0 Å². The number of amides is 1. The van der Waals surface area contributed by atoms with Crippen molar-refractivity contribution < 1.29 is 9.53 Å². The lowest BCUT2D eigenvalue weighted by atomic mass is 10.2. The highest BCUT2D eigenvalue weighted by Gasteiger charge is 2.14. The highest BCUT2D eigenvalue weighted by molar-refractivity contribution is 5.92. The molecule has 4 rings (SSSR count). The molecule has 0 spiro atoms. The topological polar surface area (TPSA) is 79.9 Å². The van der Waals surface area contributed by atoms with Crippen molar-refractivity contribution in [2.24, 2.45) is 0 Å². The molecule has 0 aliphatic carbocycles. The van der Waals surface area contributed by atoms with Crippen LogP contribution in [0.1, 0.15) is 5.56 Å². The maximum absolute atomic E-state index is 12.5. The molecule has 0 radical (unpaired) electrons. The Kier molecular flexibility index (Phi) is 5.54. The van der Waals surface area contributed by atoms with Gasteiger partial charge in [0.25, 0.3) is 5.91 Å². The maximum Gasteiger partial charge on any atom is 0.263 e. The van der Waals surface area contributed by atoms with E-state index < -0.39 is 0 Å². The molecule has 1 amide bonds. The molecule has 3 aromatic carbocycles. The van der Waals surface area contributed by atoms with Crippen molar-refractivity contribution in [2.45, 2.75) is 0 Å². The van der Waals surface area contributed by atoms with E-state index in [0.29, 0.717) is 17.1 Å². The highest BCUT2D eigenvalue weighted by atomic mass is 16.5. The van der Waals surface area contributed by atoms with Crippen molar-refractivity contribution in [2.75, 3.05) is 11.9 Å². The molecule has 4 aromatic rings. The monoisotopic (exact) mass is 394 g/mol. The number of aromatic nitrogens is 2. The third kappa shape index (κ3) is 4.37. The fraction of sp³-hybridized carbons (Fsp3) is 0.0417. The number of nitrogens with one attached hydrogen (secondary N) is 1. The molecule has 1 heterocycles. The van der Waals surface area contributed by atoms with Crippen LogP contribution in [0, 0.1) is 11.3 Å². The Labute approximate surface area is 174 Å². The normalized spacial score (nSPS) is 10.2. The molecule has 0 fully saturated rings. The summed E-state index contributed by atoms with van der Waals surface area (Å²) >= 11 is 0. The van der Waals surface area contributed by atoms with Gasteiger partial charge in [-0.15, -0.1) is 0 Å². The van der Waals surface area contributed by atoms with Gasteiger partial charge in [0.15, 0.2) is 6.61 Å². The number of ether oxygens (including phenoxy) is 1. The number of nitriles is 1. The SMILES string of the molecule is N#Cc1cccc(OCC(=O)Nc2cc(-c3ccccc3)nn2-c2ccccc2)c1. The van der Waals surface area contributed by atoms with E-state index in [1.165, 1.54) is 0 Å². The summed E-state index contributed by atoms with van der Waals surface area (Å²) in [7, 11) is 0. The number of para-hydroxylation sites is 1. The molecular formula is C24H18N4O2. The molecule has 6 nitrogen and oxygen atoms in total. The molecule has 30 heavy (non-hydrogen) atoms. The van der Waals surface area contributed by atoms with Crippen LogP contribution < -0.4 is 10.1 Å². The molecular weight excluding hydrogens is 376 g/mol. The highest BCUT2D eigenvalue weighted by Crippen LogP contribution is 2.24. The van der Waals surface area contributed by atoms with E-state index >= 15 is 0 Å². The van der Waals surface area contributed by atoms with Crippen LogP contribution in [-0.4, -0.2) is 22.3 Å². The van der Waals surface area contributed by atoms with E-state index in [9.17, 15) is 4.79 Å². The van der Waals surface area contributed by atoms with Gasteiger partial charge in [0, 0.05) is 11.6 Å². The molecule has 0 atom stereocenters. The van der Waals surface area contributed by atoms with Crippen molar-refractivity contribution in [1.29, 1.82) is 5.26 Å². The summed E-state index contributed by atoms with van der Waals surface area (Å²) in [6.45, 7) is -0.185. The Balaban J connectivity index is 1.55. The minimum Gasteiger partial charge on any atom is -0.484 e. The van der Waals surface area contributed by atoms with Gasteiger partial charge in [-0.2, -0.15) is 10.4 Å². The van der Waals surface area contributed by atoms with Crippen LogP contribution in [0.3, 0.4) is 0 Å². The van der Waals surface area contributed by atoms with Crippen LogP contribution in [0.2, 0.25) is 0 Å². The van der Waals surface area contributed by atoms with Crippen molar-refractivity contribution in [3.63, 3.8) is 0 Å². The fourth-order valence-corrected chi connectivity index (χ4v) is 2.97. The Morgan fingerprint density at radius 1 is 0.967 bits per heavy atom. The van der Waals surface area contributed by atoms with Crippen LogP contribution in [0.25, 0.3) is 16.9 Å². The largest absolute Gasteiger partial charge is 0.484 e. The first-order valence-corrected chi connectivity index (χ1v) is 9.36. The number of carbonyl (C=O) groups excluding carboxylic acids is 1. The van der Waals surface area contributed by atoms with Gasteiger partial charge in [0.1, 0.15) is 11.6 Å². The molecule has 6 heteroatoms. The lowest BCUT2D eigenvalue weighted by Crippen LogP contribution is -2.21. The summed E-state index contributed by atoms with van der Waals surface area (Å²) in [5.41, 5.74) is 3.00. The Morgan fingerprint density at radius 3 is 2.43 bits per heavy atom. The van der Waals surface area contributed by atoms with Gasteiger partial charge in [-0.05, 0) is 30.3 Å². The summed E-state index contributed by atoms with van der Waals surface area (Å²) in [6.07, 6.45) is 0. The minimum absolute atomic E-state index is 0.185. The van der Waals surface area contributed by atoms with Crippen LogP contribution in [0.4, 0.5) is 5.82 Å². The minimum atomic E-state index is -0.325. The van der Waals surface area contributed by atoms with Crippen LogP contribution in [0.5, 0.6) is 5.75 Å². The third-order valence-electron chi connectivity index (χ3n) is 4.38. The van der Waals surface area contributed by atoms with Crippen LogP contribution >= 0.6 is 0 Å². The van der Waals surface area contributed by atoms with Crippen molar-refractivity contribution in [1.82, 2.24) is 9.78 Å². The Hall–Kier alpha value is -4.37. The van der Waals surface area contributed by atoms with Crippen molar-refractivity contribution in [3.8, 4) is 28.8 Å². The summed E-state index contributed by atoms with van der Waals surface area (Å²) < 4.78 is 7.22. The van der Waals surface area contributed by atoms with Crippen LogP contribution in [0.15, 0.2) is 91.0 Å². The van der Waals surface area contributed by atoms with E-state index in [4.69, 9.17) is 10.00 Å². The van der Waals surface area contributed by atoms with E-state index in [0.717, 1.165) is 16.9 Å². The summed E-state index contributed by atoms with van der Waals surface area (Å²) in [5, 5.41) is 16.5. The second-order valence-electron chi connectivity index (χ2n) is 6.50. The molecule has 0 saturated heterocycles. The predicted octanol–water partition coefficient (Wildman–Crippen LogP) is 4.43. The second kappa shape index (κ2) is 8.76. The smallest absolute Gasteiger partial charge is 0.263 e. The molecule has 1 N–H and O–H groups in total. The lowest BCUT2D eigenvalue weighted by molar-refractivity contribution is -0.118. The van der Waals surface area contributed by atoms with Gasteiger partial charge in [-0.25, -0.2) is 4.68 Å². The van der Waals surface area contributed by atoms with Crippen molar-refractivity contribution >= 4 is 11.7 Å². The number of anilines is 1. The number of hydrogen-bond acceptors (Lipinski definition) is 4. The molecule has 0 aliphatic rings.